The first-order valence-electron chi connectivity index (χ1n) is 20.2. The van der Waals surface area contributed by atoms with Gasteiger partial charge in [-0.1, -0.05) is 84.9 Å². The second-order valence-electron chi connectivity index (χ2n) is 15.5. The van der Waals surface area contributed by atoms with Crippen molar-refractivity contribution >= 4 is 96.4 Å². The van der Waals surface area contributed by atoms with Crippen molar-refractivity contribution < 1.29 is 4.42 Å². The number of fused-ring (bicyclic) bond motifs is 7. The van der Waals surface area contributed by atoms with E-state index in [9.17, 15) is 0 Å². The fraction of sp³-hybridized carbons (Fsp3) is 0.0577. The van der Waals surface area contributed by atoms with Crippen LogP contribution in [-0.4, -0.2) is 26.1 Å². The first kappa shape index (κ1) is 34.1. The van der Waals surface area contributed by atoms with Gasteiger partial charge in [0.15, 0.2) is 5.58 Å². The highest BCUT2D eigenvalue weighted by Crippen LogP contribution is 2.61. The number of para-hydroxylation sites is 14. The van der Waals surface area contributed by atoms with Crippen molar-refractivity contribution in [2.45, 2.75) is 0 Å². The maximum Gasteiger partial charge on any atom is 0.229 e. The number of hydrogen-bond donors (Lipinski definition) is 0. The third-order valence-electron chi connectivity index (χ3n) is 12.2. The topological polar surface area (TPSA) is 45.5 Å². The van der Waals surface area contributed by atoms with Crippen LogP contribution in [0.2, 0.25) is 0 Å². The largest absolute Gasteiger partial charge is 0.436 e. The normalized spacial score (nSPS) is 13.7. The summed E-state index contributed by atoms with van der Waals surface area (Å²) in [7, 11) is 6.45. The fourth-order valence-corrected chi connectivity index (χ4v) is 9.47. The van der Waals surface area contributed by atoms with Gasteiger partial charge in [-0.3, -0.25) is 0 Å². The lowest BCUT2D eigenvalue weighted by Crippen LogP contribution is -2.28. The zero-order valence-electron chi connectivity index (χ0n) is 33.4. The minimum absolute atomic E-state index is 0.537. The minimum atomic E-state index is 0.537. The van der Waals surface area contributed by atoms with Gasteiger partial charge < -0.3 is 33.8 Å². The summed E-state index contributed by atoms with van der Waals surface area (Å²) in [6.45, 7) is 0. The monoisotopic (exact) mass is 777 g/mol. The summed E-state index contributed by atoms with van der Waals surface area (Å²) < 4.78 is 6.88. The third-order valence-corrected chi connectivity index (χ3v) is 12.2. The van der Waals surface area contributed by atoms with E-state index < -0.39 is 0 Å². The number of hydrogen-bond acceptors (Lipinski definition) is 8. The Morgan fingerprint density at radius 3 is 1.12 bits per heavy atom. The SMILES string of the molecule is CN1c2ccccc2N(c2cc(-c3nc4ccccc4o3)c(N3c4ccccc4N(C)c4ccccc43)c(N3c4ccccc4N(C)c4ccccc43)c2)c2ccccc21. The van der Waals surface area contributed by atoms with Gasteiger partial charge in [0.25, 0.3) is 0 Å². The fourth-order valence-electron chi connectivity index (χ4n) is 9.47. The maximum absolute atomic E-state index is 6.88. The molecular formula is C52H39N7O. The van der Waals surface area contributed by atoms with E-state index in [2.05, 4.69) is 208 Å². The van der Waals surface area contributed by atoms with Crippen molar-refractivity contribution in [1.82, 2.24) is 4.98 Å². The molecule has 0 amide bonds. The highest BCUT2D eigenvalue weighted by molar-refractivity contribution is 6.10. The van der Waals surface area contributed by atoms with Crippen LogP contribution in [0.15, 0.2) is 186 Å². The molecular weight excluding hydrogens is 739 g/mol. The van der Waals surface area contributed by atoms with Gasteiger partial charge in [-0.05, 0) is 97.1 Å². The molecule has 3 aliphatic heterocycles. The second-order valence-corrected chi connectivity index (χ2v) is 15.5. The van der Waals surface area contributed by atoms with Crippen molar-refractivity contribution in [1.29, 1.82) is 0 Å². The summed E-state index contributed by atoms with van der Waals surface area (Å²) in [5, 5.41) is 0. The van der Waals surface area contributed by atoms with Gasteiger partial charge in [0, 0.05) is 26.8 Å². The molecule has 0 saturated carbocycles. The minimum Gasteiger partial charge on any atom is -0.436 e. The first-order chi connectivity index (χ1) is 29.5. The van der Waals surface area contributed by atoms with E-state index in [4.69, 9.17) is 9.40 Å². The van der Waals surface area contributed by atoms with E-state index in [1.54, 1.807) is 0 Å². The van der Waals surface area contributed by atoms with Gasteiger partial charge >= 0.3 is 0 Å². The number of oxazole rings is 1. The summed E-state index contributed by atoms with van der Waals surface area (Å²) in [5.41, 5.74) is 18.3. The van der Waals surface area contributed by atoms with Crippen LogP contribution in [-0.2, 0) is 0 Å². The summed E-state index contributed by atoms with van der Waals surface area (Å²) in [5.74, 6) is 0.537. The molecule has 9 aromatic rings. The highest BCUT2D eigenvalue weighted by Gasteiger charge is 2.38. The Kier molecular flexibility index (Phi) is 7.40. The first-order valence-corrected chi connectivity index (χ1v) is 20.2. The van der Waals surface area contributed by atoms with Crippen LogP contribution >= 0.6 is 0 Å². The van der Waals surface area contributed by atoms with Crippen LogP contribution in [0.5, 0.6) is 0 Å². The number of rotatable bonds is 4. The zero-order valence-corrected chi connectivity index (χ0v) is 33.4. The summed E-state index contributed by atoms with van der Waals surface area (Å²) in [4.78, 5) is 19.4. The molecule has 0 aliphatic carbocycles. The Morgan fingerprint density at radius 2 is 0.700 bits per heavy atom. The van der Waals surface area contributed by atoms with Crippen LogP contribution in [0.1, 0.15) is 0 Å². The van der Waals surface area contributed by atoms with E-state index in [-0.39, 0.29) is 0 Å². The molecule has 0 bridgehead atoms. The lowest BCUT2D eigenvalue weighted by atomic mass is 9.98. The molecule has 0 saturated heterocycles. The maximum atomic E-state index is 6.88. The lowest BCUT2D eigenvalue weighted by Gasteiger charge is -2.44. The molecule has 0 spiro atoms. The molecule has 1 aromatic heterocycles. The van der Waals surface area contributed by atoms with Gasteiger partial charge in [-0.25, -0.2) is 4.98 Å². The number of benzene rings is 8. The number of anilines is 15. The van der Waals surface area contributed by atoms with Crippen molar-refractivity contribution in [3.05, 3.63) is 182 Å². The molecule has 0 unspecified atom stereocenters. The van der Waals surface area contributed by atoms with Crippen molar-refractivity contribution in [2.75, 3.05) is 50.5 Å². The Hall–Kier alpha value is -7.97. The smallest absolute Gasteiger partial charge is 0.229 e. The second kappa shape index (κ2) is 13.0. The molecule has 12 rings (SSSR count). The predicted molar refractivity (Wildman–Crippen MR) is 248 cm³/mol. The van der Waals surface area contributed by atoms with E-state index in [0.717, 1.165) is 102 Å². The van der Waals surface area contributed by atoms with Crippen LogP contribution in [0.4, 0.5) is 85.3 Å². The van der Waals surface area contributed by atoms with Gasteiger partial charge in [0.2, 0.25) is 5.89 Å². The summed E-state index contributed by atoms with van der Waals surface area (Å²) in [6, 6.07) is 64.6. The molecule has 8 nitrogen and oxygen atoms in total. The molecule has 8 aromatic carbocycles. The average molecular weight is 778 g/mol. The van der Waals surface area contributed by atoms with Crippen LogP contribution in [0.3, 0.4) is 0 Å². The third kappa shape index (κ3) is 4.88. The van der Waals surface area contributed by atoms with Gasteiger partial charge in [0.1, 0.15) is 5.52 Å². The quantitative estimate of drug-likeness (QED) is 0.175. The van der Waals surface area contributed by atoms with Crippen LogP contribution < -0.4 is 29.4 Å². The molecule has 0 fully saturated rings. The summed E-state index contributed by atoms with van der Waals surface area (Å²) >= 11 is 0. The van der Waals surface area contributed by atoms with E-state index in [1.165, 1.54) is 0 Å². The van der Waals surface area contributed by atoms with Crippen molar-refractivity contribution in [2.24, 2.45) is 0 Å². The van der Waals surface area contributed by atoms with Crippen molar-refractivity contribution in [3.63, 3.8) is 0 Å². The van der Waals surface area contributed by atoms with Gasteiger partial charge in [0.05, 0.1) is 85.2 Å². The van der Waals surface area contributed by atoms with Crippen molar-refractivity contribution in [3.8, 4) is 11.5 Å². The average Bonchev–Trinajstić information content (AvgIpc) is 3.74. The Balaban J connectivity index is 1.26. The lowest BCUT2D eigenvalue weighted by molar-refractivity contribution is 0.620. The predicted octanol–water partition coefficient (Wildman–Crippen LogP) is 14.1. The Bertz CT molecular complexity index is 3000. The van der Waals surface area contributed by atoms with E-state index in [0.29, 0.717) is 5.89 Å². The molecule has 0 atom stereocenters. The molecule has 8 heteroatoms. The number of aromatic nitrogens is 1. The molecule has 0 N–H and O–H groups in total. The van der Waals surface area contributed by atoms with E-state index >= 15 is 0 Å². The Morgan fingerprint density at radius 1 is 0.350 bits per heavy atom. The molecule has 0 radical (unpaired) electrons. The highest BCUT2D eigenvalue weighted by atomic mass is 16.3. The molecule has 4 heterocycles. The molecule has 3 aliphatic rings. The van der Waals surface area contributed by atoms with Crippen LogP contribution in [0.25, 0.3) is 22.6 Å². The zero-order chi connectivity index (χ0) is 40.1. The number of nitrogens with zero attached hydrogens (tertiary/aromatic N) is 7. The van der Waals surface area contributed by atoms with Gasteiger partial charge in [-0.2, -0.15) is 0 Å². The molecule has 60 heavy (non-hydrogen) atoms. The molecule has 288 valence electrons. The van der Waals surface area contributed by atoms with E-state index in [1.807, 2.05) is 24.3 Å². The Labute approximate surface area is 348 Å². The standard InChI is InChI=1S/C52H39N7O/c1-54-37-19-5-11-25-43(37)57(44-26-12-6-20-38(44)54)34-32-35(52-53-36-18-4-17-31-50(36)60-52)51(59-47-29-15-9-23-41(47)56(3)42-24-10-16-30-48(42)59)49(33-34)58-45-27-13-7-21-39(45)55(2)40-22-8-14-28-46(40)58/h4-33H,1-3H3. The van der Waals surface area contributed by atoms with Crippen LogP contribution in [0, 0.1) is 0 Å². The summed E-state index contributed by atoms with van der Waals surface area (Å²) in [6.07, 6.45) is 0. The van der Waals surface area contributed by atoms with Gasteiger partial charge in [-0.15, -0.1) is 0 Å².